The fourth-order valence-electron chi connectivity index (χ4n) is 2.55. The maximum absolute atomic E-state index is 5.47. The molecular weight excluding hydrogens is 188 g/mol. The van der Waals surface area contributed by atoms with Crippen molar-refractivity contribution in [1.29, 1.82) is 0 Å². The second kappa shape index (κ2) is 3.49. The highest BCUT2D eigenvalue weighted by atomic mass is 16.5. The topological polar surface area (TPSA) is 25.4 Å². The van der Waals surface area contributed by atoms with Crippen molar-refractivity contribution in [2.75, 3.05) is 31.2 Å². The van der Waals surface area contributed by atoms with E-state index in [0.717, 1.165) is 43.8 Å². The second-order valence-electron chi connectivity index (χ2n) is 4.62. The Balaban J connectivity index is 1.76. The molecule has 3 nitrogen and oxygen atoms in total. The zero-order valence-electron chi connectivity index (χ0n) is 9.02. The van der Waals surface area contributed by atoms with E-state index >= 15 is 0 Å². The summed E-state index contributed by atoms with van der Waals surface area (Å²) in [4.78, 5) is 6.78. The van der Waals surface area contributed by atoms with Gasteiger partial charge in [-0.25, -0.2) is 0 Å². The van der Waals surface area contributed by atoms with Gasteiger partial charge < -0.3 is 9.64 Å². The minimum Gasteiger partial charge on any atom is -0.381 e. The third kappa shape index (κ3) is 1.61. The second-order valence-corrected chi connectivity index (χ2v) is 4.62. The average molecular weight is 204 g/mol. The molecule has 2 aliphatic rings. The van der Waals surface area contributed by atoms with E-state index in [0.29, 0.717) is 0 Å². The number of aryl methyl sites for hydroxylation is 1. The summed E-state index contributed by atoms with van der Waals surface area (Å²) in [7, 11) is 0. The highest BCUT2D eigenvalue weighted by molar-refractivity contribution is 5.46. The first-order chi connectivity index (χ1) is 7.33. The number of hydrogen-bond donors (Lipinski definition) is 0. The lowest BCUT2D eigenvalue weighted by Crippen LogP contribution is -2.22. The number of pyridine rings is 1. The molecule has 2 unspecified atom stereocenters. The average Bonchev–Trinajstić information content (AvgIpc) is 2.78. The lowest BCUT2D eigenvalue weighted by Gasteiger charge is -2.19. The summed E-state index contributed by atoms with van der Waals surface area (Å²) in [5, 5.41) is 0. The van der Waals surface area contributed by atoms with Gasteiger partial charge in [-0.3, -0.25) is 4.98 Å². The number of fused-ring (bicyclic) bond motifs is 1. The van der Waals surface area contributed by atoms with Crippen molar-refractivity contribution in [3.8, 4) is 0 Å². The van der Waals surface area contributed by atoms with Gasteiger partial charge in [-0.1, -0.05) is 0 Å². The molecule has 0 saturated carbocycles. The minimum atomic E-state index is 0.742. The Hall–Kier alpha value is -1.09. The number of anilines is 1. The molecule has 0 amide bonds. The van der Waals surface area contributed by atoms with Gasteiger partial charge in [0.05, 0.1) is 25.1 Å². The van der Waals surface area contributed by atoms with Crippen molar-refractivity contribution < 1.29 is 4.74 Å². The van der Waals surface area contributed by atoms with Gasteiger partial charge in [-0.2, -0.15) is 0 Å². The largest absolute Gasteiger partial charge is 0.381 e. The molecular formula is C12H16N2O. The molecule has 2 aliphatic heterocycles. The molecule has 80 valence electrons. The molecule has 0 aromatic carbocycles. The van der Waals surface area contributed by atoms with E-state index in [1.54, 1.807) is 0 Å². The van der Waals surface area contributed by atoms with Crippen LogP contribution in [0.3, 0.4) is 0 Å². The van der Waals surface area contributed by atoms with Gasteiger partial charge in [0.2, 0.25) is 0 Å². The van der Waals surface area contributed by atoms with Crippen molar-refractivity contribution in [2.45, 2.75) is 6.92 Å². The molecule has 0 radical (unpaired) electrons. The van der Waals surface area contributed by atoms with Crippen molar-refractivity contribution in [3.05, 3.63) is 24.0 Å². The molecule has 1 aromatic rings. The molecule has 0 spiro atoms. The van der Waals surface area contributed by atoms with Crippen LogP contribution in [-0.2, 0) is 4.74 Å². The fraction of sp³-hybridized carbons (Fsp3) is 0.583. The van der Waals surface area contributed by atoms with Crippen LogP contribution in [0.25, 0.3) is 0 Å². The molecule has 1 aromatic heterocycles. The first-order valence-electron chi connectivity index (χ1n) is 5.58. The van der Waals surface area contributed by atoms with Crippen molar-refractivity contribution in [1.82, 2.24) is 4.98 Å². The smallest absolute Gasteiger partial charge is 0.0553 e. The SMILES string of the molecule is Cc1ccc(N2CC3COCC3C2)cn1. The summed E-state index contributed by atoms with van der Waals surface area (Å²) >= 11 is 0. The summed E-state index contributed by atoms with van der Waals surface area (Å²) < 4.78 is 5.47. The van der Waals surface area contributed by atoms with E-state index in [1.807, 2.05) is 13.1 Å². The van der Waals surface area contributed by atoms with Gasteiger partial charge in [-0.05, 0) is 19.1 Å². The van der Waals surface area contributed by atoms with Crippen molar-refractivity contribution in [2.24, 2.45) is 11.8 Å². The van der Waals surface area contributed by atoms with Crippen molar-refractivity contribution in [3.63, 3.8) is 0 Å². The number of nitrogens with zero attached hydrogens (tertiary/aromatic N) is 2. The van der Waals surface area contributed by atoms with E-state index in [4.69, 9.17) is 4.74 Å². The van der Waals surface area contributed by atoms with Crippen LogP contribution in [0, 0.1) is 18.8 Å². The molecule has 2 saturated heterocycles. The van der Waals surface area contributed by atoms with Gasteiger partial charge >= 0.3 is 0 Å². The molecule has 2 atom stereocenters. The highest BCUT2D eigenvalue weighted by Crippen LogP contribution is 2.32. The maximum Gasteiger partial charge on any atom is 0.0553 e. The molecule has 3 heterocycles. The van der Waals surface area contributed by atoms with Gasteiger partial charge in [-0.15, -0.1) is 0 Å². The zero-order chi connectivity index (χ0) is 10.3. The minimum absolute atomic E-state index is 0.742. The van der Waals surface area contributed by atoms with E-state index in [-0.39, 0.29) is 0 Å². The third-order valence-electron chi connectivity index (χ3n) is 3.50. The Morgan fingerprint density at radius 2 is 2.00 bits per heavy atom. The van der Waals surface area contributed by atoms with Crippen LogP contribution < -0.4 is 4.90 Å². The standard InChI is InChI=1S/C12H16N2O/c1-9-2-3-12(4-13-9)14-5-10-7-15-8-11(10)6-14/h2-4,10-11H,5-8H2,1H3. The summed E-state index contributed by atoms with van der Waals surface area (Å²) in [6.07, 6.45) is 1.98. The maximum atomic E-state index is 5.47. The molecule has 3 rings (SSSR count). The van der Waals surface area contributed by atoms with E-state index < -0.39 is 0 Å². The van der Waals surface area contributed by atoms with Crippen molar-refractivity contribution >= 4 is 5.69 Å². The Morgan fingerprint density at radius 1 is 1.27 bits per heavy atom. The normalized spacial score (nSPS) is 29.5. The molecule has 0 aliphatic carbocycles. The monoisotopic (exact) mass is 204 g/mol. The molecule has 15 heavy (non-hydrogen) atoms. The zero-order valence-corrected chi connectivity index (χ0v) is 9.02. The molecule has 0 N–H and O–H groups in total. The fourth-order valence-corrected chi connectivity index (χ4v) is 2.55. The Morgan fingerprint density at radius 3 is 2.60 bits per heavy atom. The first-order valence-corrected chi connectivity index (χ1v) is 5.58. The molecule has 3 heteroatoms. The Labute approximate surface area is 90.1 Å². The van der Waals surface area contributed by atoms with Gasteiger partial charge in [0.15, 0.2) is 0 Å². The third-order valence-corrected chi connectivity index (χ3v) is 3.50. The highest BCUT2D eigenvalue weighted by Gasteiger charge is 2.37. The number of ether oxygens (including phenoxy) is 1. The summed E-state index contributed by atoms with van der Waals surface area (Å²) in [5.41, 5.74) is 2.34. The van der Waals surface area contributed by atoms with Gasteiger partial charge in [0, 0.05) is 30.6 Å². The quantitative estimate of drug-likeness (QED) is 0.692. The Bertz CT molecular complexity index is 337. The number of hydrogen-bond acceptors (Lipinski definition) is 3. The van der Waals surface area contributed by atoms with E-state index in [2.05, 4.69) is 22.0 Å². The molecule has 2 fully saturated rings. The lowest BCUT2D eigenvalue weighted by molar-refractivity contribution is 0.177. The van der Waals surface area contributed by atoms with Gasteiger partial charge in [0.1, 0.15) is 0 Å². The number of aromatic nitrogens is 1. The van der Waals surface area contributed by atoms with E-state index in [9.17, 15) is 0 Å². The van der Waals surface area contributed by atoms with Crippen LogP contribution >= 0.6 is 0 Å². The lowest BCUT2D eigenvalue weighted by atomic mass is 10.0. The predicted octanol–water partition coefficient (Wildman–Crippen LogP) is 1.47. The predicted molar refractivity (Wildman–Crippen MR) is 59.0 cm³/mol. The first kappa shape index (κ1) is 9.16. The summed E-state index contributed by atoms with van der Waals surface area (Å²) in [6, 6.07) is 4.25. The van der Waals surface area contributed by atoms with Crippen LogP contribution in [0.4, 0.5) is 5.69 Å². The van der Waals surface area contributed by atoms with Crippen LogP contribution in [-0.4, -0.2) is 31.3 Å². The van der Waals surface area contributed by atoms with Gasteiger partial charge in [0.25, 0.3) is 0 Å². The number of rotatable bonds is 1. The van der Waals surface area contributed by atoms with Crippen LogP contribution in [0.5, 0.6) is 0 Å². The van der Waals surface area contributed by atoms with Crippen LogP contribution in [0.15, 0.2) is 18.3 Å². The summed E-state index contributed by atoms with van der Waals surface area (Å²) in [5.74, 6) is 1.48. The Kier molecular flexibility index (Phi) is 2.13. The molecule has 0 bridgehead atoms. The van der Waals surface area contributed by atoms with E-state index in [1.165, 1.54) is 5.69 Å². The van der Waals surface area contributed by atoms with Crippen LogP contribution in [0.1, 0.15) is 5.69 Å². The summed E-state index contributed by atoms with van der Waals surface area (Å²) in [6.45, 7) is 6.18. The van der Waals surface area contributed by atoms with Crippen LogP contribution in [0.2, 0.25) is 0 Å².